The number of rotatable bonds is 5. The van der Waals surface area contributed by atoms with Crippen LogP contribution in [0.5, 0.6) is 0 Å². The molecule has 1 aliphatic rings. The van der Waals surface area contributed by atoms with Crippen LogP contribution < -0.4 is 11.1 Å². The highest BCUT2D eigenvalue weighted by Gasteiger charge is 2.25. The van der Waals surface area contributed by atoms with E-state index < -0.39 is 21.5 Å². The Hall–Kier alpha value is -1.27. The minimum atomic E-state index is -3.76. The average Bonchev–Trinajstić information content (AvgIpc) is 3.13. The summed E-state index contributed by atoms with van der Waals surface area (Å²) in [7, 11) is -3.76. The van der Waals surface area contributed by atoms with Gasteiger partial charge in [-0.15, -0.1) is 0 Å². The molecule has 0 aliphatic heterocycles. The van der Waals surface area contributed by atoms with Gasteiger partial charge in [-0.05, 0) is 37.0 Å². The molecule has 1 saturated carbocycles. The van der Waals surface area contributed by atoms with Gasteiger partial charge in [-0.1, -0.05) is 11.6 Å². The Balaban J connectivity index is 2.08. The molecule has 0 aromatic heterocycles. The Morgan fingerprint density at radius 2 is 2.11 bits per heavy atom. The van der Waals surface area contributed by atoms with Crippen LogP contribution in [-0.4, -0.2) is 26.6 Å². The third kappa shape index (κ3) is 3.84. The molecule has 0 radical (unpaired) electrons. The molecule has 104 valence electrons. The third-order valence-corrected chi connectivity index (χ3v) is 4.99. The zero-order valence-corrected chi connectivity index (χ0v) is 11.8. The van der Waals surface area contributed by atoms with Gasteiger partial charge in [-0.3, -0.25) is 4.79 Å². The summed E-state index contributed by atoms with van der Waals surface area (Å²) in [5.41, 5.74) is 5.83. The summed E-state index contributed by atoms with van der Waals surface area (Å²) in [5, 5.41) is 2.69. The molecular weight excluding hydrogens is 288 g/mol. The number of sulfone groups is 1. The van der Waals surface area contributed by atoms with E-state index in [1.807, 2.05) is 0 Å². The molecule has 0 spiro atoms. The molecule has 1 amide bonds. The van der Waals surface area contributed by atoms with Crippen molar-refractivity contribution < 1.29 is 13.2 Å². The van der Waals surface area contributed by atoms with E-state index in [0.717, 1.165) is 12.8 Å². The van der Waals surface area contributed by atoms with E-state index in [-0.39, 0.29) is 9.92 Å². The number of hydrogen-bond donors (Lipinski definition) is 2. The van der Waals surface area contributed by atoms with Crippen LogP contribution in [0.15, 0.2) is 23.1 Å². The normalized spacial score (nSPS) is 15.2. The predicted octanol–water partition coefficient (Wildman–Crippen LogP) is 1.22. The second-order valence-corrected chi connectivity index (χ2v) is 7.06. The predicted molar refractivity (Wildman–Crippen MR) is 73.7 cm³/mol. The van der Waals surface area contributed by atoms with Gasteiger partial charge in [0, 0.05) is 12.2 Å². The largest absolute Gasteiger partial charge is 0.399 e. The zero-order valence-electron chi connectivity index (χ0n) is 10.2. The Labute approximate surface area is 117 Å². The number of anilines is 1. The Bertz CT molecular complexity index is 597. The van der Waals surface area contributed by atoms with Crippen molar-refractivity contribution in [1.29, 1.82) is 0 Å². The van der Waals surface area contributed by atoms with Gasteiger partial charge in [0.05, 0.1) is 9.92 Å². The van der Waals surface area contributed by atoms with Crippen LogP contribution in [-0.2, 0) is 14.6 Å². The smallest absolute Gasteiger partial charge is 0.235 e. The van der Waals surface area contributed by atoms with Gasteiger partial charge in [-0.2, -0.15) is 0 Å². The lowest BCUT2D eigenvalue weighted by molar-refractivity contribution is -0.118. The van der Waals surface area contributed by atoms with E-state index in [1.165, 1.54) is 18.2 Å². The summed E-state index contributed by atoms with van der Waals surface area (Å²) in [6.45, 7) is 0.541. The van der Waals surface area contributed by atoms with Crippen molar-refractivity contribution in [3.63, 3.8) is 0 Å². The summed E-state index contributed by atoms with van der Waals surface area (Å²) in [6.07, 6.45) is 2.18. The lowest BCUT2D eigenvalue weighted by Gasteiger charge is -2.08. The first kappa shape index (κ1) is 14.1. The lowest BCUT2D eigenvalue weighted by Crippen LogP contribution is -2.31. The first-order valence-corrected chi connectivity index (χ1v) is 7.96. The lowest BCUT2D eigenvalue weighted by atomic mass is 10.3. The summed E-state index contributed by atoms with van der Waals surface area (Å²) < 4.78 is 24.2. The van der Waals surface area contributed by atoms with Gasteiger partial charge in [0.2, 0.25) is 5.91 Å². The number of benzene rings is 1. The topological polar surface area (TPSA) is 89.3 Å². The maximum absolute atomic E-state index is 12.1. The van der Waals surface area contributed by atoms with Crippen molar-refractivity contribution in [1.82, 2.24) is 5.32 Å². The van der Waals surface area contributed by atoms with E-state index in [0.29, 0.717) is 18.2 Å². The van der Waals surface area contributed by atoms with Gasteiger partial charge in [0.25, 0.3) is 0 Å². The van der Waals surface area contributed by atoms with E-state index in [9.17, 15) is 13.2 Å². The van der Waals surface area contributed by atoms with Crippen LogP contribution in [0.2, 0.25) is 5.02 Å². The molecule has 5 nitrogen and oxygen atoms in total. The summed E-state index contributed by atoms with van der Waals surface area (Å²) in [5.74, 6) is -0.615. The number of hydrogen-bond acceptors (Lipinski definition) is 4. The second kappa shape index (κ2) is 5.38. The van der Waals surface area contributed by atoms with Gasteiger partial charge < -0.3 is 11.1 Å². The van der Waals surface area contributed by atoms with E-state index in [1.54, 1.807) is 0 Å². The first-order valence-electron chi connectivity index (χ1n) is 5.93. The minimum Gasteiger partial charge on any atom is -0.399 e. The van der Waals surface area contributed by atoms with Crippen LogP contribution in [0, 0.1) is 5.92 Å². The maximum Gasteiger partial charge on any atom is 0.235 e. The molecule has 0 atom stereocenters. The number of halogens is 1. The maximum atomic E-state index is 12.1. The highest BCUT2D eigenvalue weighted by atomic mass is 35.5. The molecular formula is C12H15ClN2O3S. The van der Waals surface area contributed by atoms with Crippen molar-refractivity contribution in [2.24, 2.45) is 5.92 Å². The molecule has 0 bridgehead atoms. The van der Waals surface area contributed by atoms with Crippen molar-refractivity contribution >= 4 is 33.0 Å². The van der Waals surface area contributed by atoms with E-state index in [4.69, 9.17) is 17.3 Å². The third-order valence-electron chi connectivity index (χ3n) is 2.90. The fourth-order valence-electron chi connectivity index (χ4n) is 1.64. The monoisotopic (exact) mass is 302 g/mol. The van der Waals surface area contributed by atoms with Crippen molar-refractivity contribution in [3.05, 3.63) is 23.2 Å². The highest BCUT2D eigenvalue weighted by Crippen LogP contribution is 2.28. The average molecular weight is 303 g/mol. The van der Waals surface area contributed by atoms with Gasteiger partial charge in [0.15, 0.2) is 9.84 Å². The molecule has 3 N–H and O–H groups in total. The van der Waals surface area contributed by atoms with Gasteiger partial charge >= 0.3 is 0 Å². The molecule has 19 heavy (non-hydrogen) atoms. The van der Waals surface area contributed by atoms with Gasteiger partial charge in [-0.25, -0.2) is 8.42 Å². The first-order chi connectivity index (χ1) is 8.88. The Morgan fingerprint density at radius 3 is 2.74 bits per heavy atom. The highest BCUT2D eigenvalue weighted by molar-refractivity contribution is 7.92. The SMILES string of the molecule is Nc1ccc(Cl)c(S(=O)(=O)CC(=O)NCC2CC2)c1. The number of carbonyl (C=O) groups is 1. The molecule has 0 saturated heterocycles. The molecule has 2 rings (SSSR count). The zero-order chi connectivity index (χ0) is 14.0. The molecule has 7 heteroatoms. The fourth-order valence-corrected chi connectivity index (χ4v) is 3.39. The van der Waals surface area contributed by atoms with Crippen LogP contribution in [0.1, 0.15) is 12.8 Å². The molecule has 0 heterocycles. The number of nitrogen functional groups attached to an aromatic ring is 1. The summed E-state index contributed by atoms with van der Waals surface area (Å²) in [6, 6.07) is 4.19. The van der Waals surface area contributed by atoms with Crippen molar-refractivity contribution in [2.45, 2.75) is 17.7 Å². The standard InChI is InChI=1S/C12H15ClN2O3S/c13-10-4-3-9(14)5-11(10)19(17,18)7-12(16)15-6-8-1-2-8/h3-5,8H,1-2,6-7,14H2,(H,15,16). The van der Waals surface area contributed by atoms with E-state index in [2.05, 4.69) is 5.32 Å². The second-order valence-electron chi connectivity index (χ2n) is 4.70. The van der Waals surface area contributed by atoms with E-state index >= 15 is 0 Å². The quantitative estimate of drug-likeness (QED) is 0.800. The van der Waals surface area contributed by atoms with Crippen LogP contribution in [0.4, 0.5) is 5.69 Å². The summed E-state index contributed by atoms with van der Waals surface area (Å²) in [4.78, 5) is 11.5. The summed E-state index contributed by atoms with van der Waals surface area (Å²) >= 11 is 5.84. The molecule has 1 aromatic rings. The molecule has 1 aromatic carbocycles. The minimum absolute atomic E-state index is 0.0733. The molecule has 1 aliphatic carbocycles. The number of amides is 1. The van der Waals surface area contributed by atoms with Crippen LogP contribution in [0.3, 0.4) is 0 Å². The number of carbonyl (C=O) groups excluding carboxylic acids is 1. The van der Waals surface area contributed by atoms with Crippen LogP contribution in [0.25, 0.3) is 0 Å². The Kier molecular flexibility index (Phi) is 4.01. The van der Waals surface area contributed by atoms with Crippen LogP contribution >= 0.6 is 11.6 Å². The molecule has 1 fully saturated rings. The Morgan fingerprint density at radius 1 is 1.42 bits per heavy atom. The molecule has 0 unspecified atom stereocenters. The van der Waals surface area contributed by atoms with Crippen molar-refractivity contribution in [3.8, 4) is 0 Å². The fraction of sp³-hybridized carbons (Fsp3) is 0.417. The number of nitrogens with one attached hydrogen (secondary N) is 1. The number of nitrogens with two attached hydrogens (primary N) is 1. The van der Waals surface area contributed by atoms with Gasteiger partial charge in [0.1, 0.15) is 5.75 Å². The van der Waals surface area contributed by atoms with Crippen molar-refractivity contribution in [2.75, 3.05) is 18.0 Å².